The summed E-state index contributed by atoms with van der Waals surface area (Å²) in [6, 6.07) is 4.68. The molecule has 0 radical (unpaired) electrons. The Morgan fingerprint density at radius 2 is 1.79 bits per heavy atom. The van der Waals surface area contributed by atoms with E-state index in [1.165, 1.54) is 10.4 Å². The van der Waals surface area contributed by atoms with Crippen molar-refractivity contribution in [1.82, 2.24) is 9.21 Å². The molecule has 1 fully saturated rings. The lowest BCUT2D eigenvalue weighted by Crippen LogP contribution is -2.41. The number of nitrogens with zero attached hydrogens (tertiary/aromatic N) is 2. The minimum absolute atomic E-state index is 0.198. The zero-order valence-corrected chi connectivity index (χ0v) is 19.3. The fourth-order valence-electron chi connectivity index (χ4n) is 3.01. The molecule has 158 valence electrons. The molecule has 9 heteroatoms. The second kappa shape index (κ2) is 10.2. The molecule has 1 aliphatic rings. The highest BCUT2D eigenvalue weighted by molar-refractivity contribution is 7.89. The minimum Gasteiger partial charge on any atom is -0.379 e. The van der Waals surface area contributed by atoms with Crippen molar-refractivity contribution in [2.75, 3.05) is 44.7 Å². The lowest BCUT2D eigenvalue weighted by Gasteiger charge is -2.29. The van der Waals surface area contributed by atoms with Gasteiger partial charge < -0.3 is 15.0 Å². The predicted octanol–water partition coefficient (Wildman–Crippen LogP) is 3.67. The van der Waals surface area contributed by atoms with E-state index in [1.807, 2.05) is 0 Å². The zero-order valence-electron chi connectivity index (χ0n) is 16.9. The summed E-state index contributed by atoms with van der Waals surface area (Å²) in [5, 5.41) is 4.13. The molecule has 0 aromatic heterocycles. The monoisotopic (exact) mass is 447 g/mol. The molecule has 1 aliphatic heterocycles. The smallest absolute Gasteiger partial charge is 0.243 e. The van der Waals surface area contributed by atoms with Crippen molar-refractivity contribution in [2.24, 2.45) is 11.8 Å². The molecule has 1 aromatic carbocycles. The number of ether oxygens (including phenoxy) is 1. The number of morpholine rings is 1. The average Bonchev–Trinajstić information content (AvgIpc) is 2.62. The SMILES string of the molecule is CC(C)CN(CC(C)C)C(=S)Nc1cc(S(=O)(=O)N2CCOCC2)ccc1Cl. The van der Waals surface area contributed by atoms with E-state index in [0.29, 0.717) is 54.0 Å². The predicted molar refractivity (Wildman–Crippen MR) is 118 cm³/mol. The molecular weight excluding hydrogens is 418 g/mol. The molecule has 1 saturated heterocycles. The van der Waals surface area contributed by atoms with Gasteiger partial charge in [0.15, 0.2) is 5.11 Å². The van der Waals surface area contributed by atoms with Gasteiger partial charge in [0.2, 0.25) is 10.0 Å². The van der Waals surface area contributed by atoms with Gasteiger partial charge in [-0.1, -0.05) is 39.3 Å². The van der Waals surface area contributed by atoms with Crippen LogP contribution in [0.2, 0.25) is 5.02 Å². The van der Waals surface area contributed by atoms with E-state index in [0.717, 1.165) is 13.1 Å². The number of halogens is 1. The van der Waals surface area contributed by atoms with Crippen molar-refractivity contribution >= 4 is 44.6 Å². The Kier molecular flexibility index (Phi) is 8.51. The fraction of sp³-hybridized carbons (Fsp3) is 0.632. The van der Waals surface area contributed by atoms with E-state index in [4.69, 9.17) is 28.6 Å². The largest absolute Gasteiger partial charge is 0.379 e. The second-order valence-electron chi connectivity index (χ2n) is 7.78. The van der Waals surface area contributed by atoms with Crippen LogP contribution in [0, 0.1) is 11.8 Å². The molecule has 2 rings (SSSR count). The summed E-state index contributed by atoms with van der Waals surface area (Å²) in [6.45, 7) is 11.7. The maximum Gasteiger partial charge on any atom is 0.243 e. The molecule has 1 N–H and O–H groups in total. The number of nitrogens with one attached hydrogen (secondary N) is 1. The quantitative estimate of drug-likeness (QED) is 0.643. The van der Waals surface area contributed by atoms with Gasteiger partial charge in [-0.15, -0.1) is 0 Å². The van der Waals surface area contributed by atoms with Crippen molar-refractivity contribution in [3.63, 3.8) is 0 Å². The topological polar surface area (TPSA) is 61.9 Å². The number of hydrogen-bond acceptors (Lipinski definition) is 4. The maximum absolute atomic E-state index is 12.9. The number of anilines is 1. The van der Waals surface area contributed by atoms with Gasteiger partial charge >= 0.3 is 0 Å². The van der Waals surface area contributed by atoms with Crippen LogP contribution >= 0.6 is 23.8 Å². The van der Waals surface area contributed by atoms with Gasteiger partial charge in [-0.25, -0.2) is 8.42 Å². The molecule has 0 unspecified atom stereocenters. The van der Waals surface area contributed by atoms with Crippen LogP contribution in [0.15, 0.2) is 23.1 Å². The van der Waals surface area contributed by atoms with Crippen molar-refractivity contribution in [2.45, 2.75) is 32.6 Å². The van der Waals surface area contributed by atoms with Crippen LogP contribution in [0.5, 0.6) is 0 Å². The van der Waals surface area contributed by atoms with E-state index < -0.39 is 10.0 Å². The van der Waals surface area contributed by atoms with E-state index in [1.54, 1.807) is 12.1 Å². The Labute approximate surface area is 179 Å². The molecule has 28 heavy (non-hydrogen) atoms. The highest BCUT2D eigenvalue weighted by atomic mass is 35.5. The Morgan fingerprint density at radius 1 is 1.21 bits per heavy atom. The molecule has 1 heterocycles. The van der Waals surface area contributed by atoms with Gasteiger partial charge in [-0.2, -0.15) is 4.31 Å². The number of rotatable bonds is 7. The standard InChI is InChI=1S/C19H30ClN3O3S2/c1-14(2)12-22(13-15(3)4)19(27)21-18-11-16(5-6-17(18)20)28(24,25)23-7-9-26-10-8-23/h5-6,11,14-15H,7-10,12-13H2,1-4H3,(H,21,27). The number of thiocarbonyl (C=S) groups is 1. The van der Waals surface area contributed by atoms with Crippen LogP contribution in [-0.2, 0) is 14.8 Å². The highest BCUT2D eigenvalue weighted by Crippen LogP contribution is 2.28. The van der Waals surface area contributed by atoms with E-state index >= 15 is 0 Å². The molecular formula is C19H30ClN3O3S2. The van der Waals surface area contributed by atoms with Crippen LogP contribution in [-0.4, -0.2) is 62.1 Å². The van der Waals surface area contributed by atoms with Crippen LogP contribution in [0.25, 0.3) is 0 Å². The van der Waals surface area contributed by atoms with Crippen molar-refractivity contribution in [1.29, 1.82) is 0 Å². The summed E-state index contributed by atoms with van der Waals surface area (Å²) in [7, 11) is -3.60. The van der Waals surface area contributed by atoms with E-state index in [2.05, 4.69) is 37.9 Å². The Balaban J connectivity index is 2.23. The average molecular weight is 448 g/mol. The maximum atomic E-state index is 12.9. The third kappa shape index (κ3) is 6.29. The summed E-state index contributed by atoms with van der Waals surface area (Å²) in [6.07, 6.45) is 0. The van der Waals surface area contributed by atoms with Crippen molar-refractivity contribution in [3.8, 4) is 0 Å². The third-order valence-corrected chi connectivity index (χ3v) is 6.83. The van der Waals surface area contributed by atoms with Gasteiger partial charge in [0.05, 0.1) is 28.8 Å². The fourth-order valence-corrected chi connectivity index (χ4v) is 4.87. The van der Waals surface area contributed by atoms with Gasteiger partial charge in [-0.3, -0.25) is 0 Å². The van der Waals surface area contributed by atoms with Crippen molar-refractivity contribution in [3.05, 3.63) is 23.2 Å². The van der Waals surface area contributed by atoms with Gasteiger partial charge in [0, 0.05) is 26.2 Å². The number of sulfonamides is 1. The molecule has 0 amide bonds. The summed E-state index contributed by atoms with van der Waals surface area (Å²) < 4.78 is 32.5. The first kappa shape index (κ1) is 23.3. The molecule has 1 aromatic rings. The van der Waals surface area contributed by atoms with Crippen LogP contribution < -0.4 is 5.32 Å². The minimum atomic E-state index is -3.60. The van der Waals surface area contributed by atoms with Crippen LogP contribution in [0.1, 0.15) is 27.7 Å². The lowest BCUT2D eigenvalue weighted by atomic mass is 10.1. The van der Waals surface area contributed by atoms with E-state index in [-0.39, 0.29) is 4.90 Å². The first-order chi connectivity index (χ1) is 13.1. The van der Waals surface area contributed by atoms with Gasteiger partial charge in [0.1, 0.15) is 0 Å². The summed E-state index contributed by atoms with van der Waals surface area (Å²) in [5.74, 6) is 0.893. The molecule has 0 saturated carbocycles. The summed E-state index contributed by atoms with van der Waals surface area (Å²) in [4.78, 5) is 2.30. The lowest BCUT2D eigenvalue weighted by molar-refractivity contribution is 0.0730. The summed E-state index contributed by atoms with van der Waals surface area (Å²) >= 11 is 11.9. The zero-order chi connectivity index (χ0) is 20.9. The molecule has 0 aliphatic carbocycles. The summed E-state index contributed by atoms with van der Waals surface area (Å²) in [5.41, 5.74) is 0.499. The Morgan fingerprint density at radius 3 is 2.32 bits per heavy atom. The Bertz CT molecular complexity index is 769. The molecule has 0 atom stereocenters. The highest BCUT2D eigenvalue weighted by Gasteiger charge is 2.27. The van der Waals surface area contributed by atoms with Crippen LogP contribution in [0.3, 0.4) is 0 Å². The third-order valence-electron chi connectivity index (χ3n) is 4.25. The van der Waals surface area contributed by atoms with Gasteiger partial charge in [-0.05, 0) is 42.3 Å². The Hall–Kier alpha value is -0.930. The normalized spacial score (nSPS) is 15.8. The number of hydrogen-bond donors (Lipinski definition) is 1. The first-order valence-corrected chi connectivity index (χ1v) is 11.8. The van der Waals surface area contributed by atoms with Gasteiger partial charge in [0.25, 0.3) is 0 Å². The van der Waals surface area contributed by atoms with Crippen molar-refractivity contribution < 1.29 is 13.2 Å². The molecule has 0 spiro atoms. The van der Waals surface area contributed by atoms with Crippen LogP contribution in [0.4, 0.5) is 5.69 Å². The number of benzene rings is 1. The second-order valence-corrected chi connectivity index (χ2v) is 10.5. The molecule has 0 bridgehead atoms. The first-order valence-electron chi connectivity index (χ1n) is 9.54. The van der Waals surface area contributed by atoms with E-state index in [9.17, 15) is 8.42 Å². The molecule has 6 nitrogen and oxygen atoms in total.